The van der Waals surface area contributed by atoms with E-state index in [1.54, 1.807) is 0 Å². The number of aliphatic carboxylic acids is 6. The normalized spacial score (nSPS) is 9.40. The molecule has 30 heavy (non-hydrogen) atoms. The zero-order valence-electron chi connectivity index (χ0n) is 15.2. The fraction of sp³-hybridized carbons (Fsp3) is 0.500. The summed E-state index contributed by atoms with van der Waals surface area (Å²) in [5.41, 5.74) is -5.95. The van der Waals surface area contributed by atoms with Crippen molar-refractivity contribution in [2.45, 2.75) is 36.9 Å². The molecule has 156 valence electrons. The quantitative estimate of drug-likeness (QED) is 0.223. The fourth-order valence-corrected chi connectivity index (χ4v) is 1.37. The monoisotopic (exact) mass is 588 g/mol. The van der Waals surface area contributed by atoms with Crippen molar-refractivity contribution in [1.82, 2.24) is 0 Å². The van der Waals surface area contributed by atoms with Crippen molar-refractivity contribution in [3.63, 3.8) is 0 Å². The first-order chi connectivity index (χ1) is 11.6. The Hall–Kier alpha value is -1.43. The van der Waals surface area contributed by atoms with E-state index in [1.165, 1.54) is 0 Å². The molecule has 15 nitrogen and oxygen atoms in total. The van der Waals surface area contributed by atoms with Crippen LogP contribution in [0.3, 0.4) is 0 Å². The van der Waals surface area contributed by atoms with Gasteiger partial charge in [0.2, 0.25) is 0 Å². The van der Waals surface area contributed by atoms with Crippen LogP contribution in [0.15, 0.2) is 0 Å². The molecule has 18 heteroatoms. The van der Waals surface area contributed by atoms with E-state index < -0.39 is 72.7 Å². The van der Waals surface area contributed by atoms with E-state index in [9.17, 15) is 59.4 Å². The molecular weight excluding hydrogens is 580 g/mol. The van der Waals surface area contributed by atoms with Crippen LogP contribution in [0.4, 0.5) is 0 Å². The van der Waals surface area contributed by atoms with Crippen LogP contribution in [0.25, 0.3) is 0 Å². The molecule has 0 bridgehead atoms. The minimum absolute atomic E-state index is 0. The fourth-order valence-electron chi connectivity index (χ4n) is 1.37. The van der Waals surface area contributed by atoms with Crippen molar-refractivity contribution in [3.05, 3.63) is 0 Å². The maximum absolute atomic E-state index is 10.1. The van der Waals surface area contributed by atoms with Crippen LogP contribution in [0, 0.1) is 0 Å². The molecule has 0 aromatic heterocycles. The average molecular weight is 592 g/mol. The molecule has 0 amide bonds. The first kappa shape index (κ1) is 42.6. The van der Waals surface area contributed by atoms with Gasteiger partial charge in [0, 0.05) is 49.6 Å². The molecule has 0 aliphatic heterocycles. The second-order valence-electron chi connectivity index (χ2n) is 4.83. The number of aliphatic hydroxyl groups is 2. The number of rotatable bonds is 10. The van der Waals surface area contributed by atoms with Gasteiger partial charge in [-0.05, 0) is 0 Å². The summed E-state index contributed by atoms with van der Waals surface area (Å²) in [5, 5.41) is 77.9. The molecule has 0 aliphatic rings. The van der Waals surface area contributed by atoms with Crippen LogP contribution in [0.1, 0.15) is 25.7 Å². The second kappa shape index (κ2) is 18.3. The van der Waals surface area contributed by atoms with E-state index in [0.717, 1.165) is 0 Å². The molecule has 0 aromatic rings. The Bertz CT molecular complexity index is 522. The topological polar surface area (TPSA) is 313 Å². The minimum atomic E-state index is -2.97. The predicted molar refractivity (Wildman–Crippen MR) is 62.0 cm³/mol. The number of carbonyl (C=O) groups excluding carboxylic acids is 6. The summed E-state index contributed by atoms with van der Waals surface area (Å²) < 4.78 is 0. The van der Waals surface area contributed by atoms with Crippen LogP contribution in [0.2, 0.25) is 0 Å². The predicted octanol–water partition coefficient (Wildman–Crippen LogP) is -11.3. The largest absolute Gasteiger partial charge is 2.00 e. The van der Waals surface area contributed by atoms with Crippen molar-refractivity contribution in [2.24, 2.45) is 0 Å². The third-order valence-electron chi connectivity index (χ3n) is 2.51. The van der Waals surface area contributed by atoms with Gasteiger partial charge in [-0.3, -0.25) is 0 Å². The molecule has 0 radical (unpaired) electrons. The number of hydrogen-bond donors (Lipinski definition) is 2. The van der Waals surface area contributed by atoms with Crippen LogP contribution in [-0.2, 0) is 87.2 Å². The van der Waals surface area contributed by atoms with Crippen LogP contribution >= 0.6 is 0 Å². The average Bonchev–Trinajstić information content (AvgIpc) is 2.34. The molecule has 0 aliphatic carbocycles. The Kier molecular flexibility index (Phi) is 26.1. The van der Waals surface area contributed by atoms with Crippen molar-refractivity contribution in [1.29, 1.82) is 0 Å². The van der Waals surface area contributed by atoms with E-state index in [1.807, 2.05) is 0 Å². The maximum Gasteiger partial charge on any atom is 2.00 e. The SMILES string of the molecule is O.O=C([O-])CC(O)(CC(=O)[O-])C(=O)[O-].O=C([O-])CC(O)(CC(=O)[O-])C(=O)[O-].[Zn+2].[Zn+2].[Zn+2]. The summed E-state index contributed by atoms with van der Waals surface area (Å²) in [7, 11) is 0. The van der Waals surface area contributed by atoms with Gasteiger partial charge in [0.1, 0.15) is 11.2 Å². The van der Waals surface area contributed by atoms with Gasteiger partial charge in [0.25, 0.3) is 0 Å². The summed E-state index contributed by atoms with van der Waals surface area (Å²) in [6.07, 6.45) is -5.43. The summed E-state index contributed by atoms with van der Waals surface area (Å²) in [5.74, 6) is -12.0. The Balaban J connectivity index is -0.0000000847. The van der Waals surface area contributed by atoms with Crippen LogP contribution < -0.4 is 30.6 Å². The summed E-state index contributed by atoms with van der Waals surface area (Å²) in [6.45, 7) is 0. The van der Waals surface area contributed by atoms with Gasteiger partial charge in [-0.25, -0.2) is 0 Å². The summed E-state index contributed by atoms with van der Waals surface area (Å²) >= 11 is 0. The molecular formula is C12H12O15Zn3. The van der Waals surface area contributed by atoms with Crippen molar-refractivity contribution in [2.75, 3.05) is 0 Å². The zero-order valence-corrected chi connectivity index (χ0v) is 24.1. The molecule has 0 unspecified atom stereocenters. The van der Waals surface area contributed by atoms with E-state index in [-0.39, 0.29) is 63.9 Å². The number of carbonyl (C=O) groups is 6. The standard InChI is InChI=1S/2C6H8O7.H2O.3Zn/c2*7-3(8)1-6(13,5(11)12)2-4(9)10;;;;/h2*13H,1-2H2,(H,7,8)(H,9,10)(H,11,12);1H2;;;/q;;;3*+2/p-6. The van der Waals surface area contributed by atoms with Gasteiger partial charge in [-0.2, -0.15) is 0 Å². The van der Waals surface area contributed by atoms with Crippen LogP contribution in [0.5, 0.6) is 0 Å². The van der Waals surface area contributed by atoms with E-state index in [4.69, 9.17) is 10.2 Å². The summed E-state index contributed by atoms with van der Waals surface area (Å²) in [4.78, 5) is 60.0. The van der Waals surface area contributed by atoms with Gasteiger partial charge in [-0.1, -0.05) is 0 Å². The number of carboxylic acids is 6. The number of carboxylic acid groups (broad SMARTS) is 6. The zero-order chi connectivity index (χ0) is 21.3. The maximum atomic E-state index is 10.1. The molecule has 0 atom stereocenters. The summed E-state index contributed by atoms with van der Waals surface area (Å²) in [6, 6.07) is 0. The first-order valence-corrected chi connectivity index (χ1v) is 6.23. The van der Waals surface area contributed by atoms with Gasteiger partial charge in [0.15, 0.2) is 0 Å². The van der Waals surface area contributed by atoms with Gasteiger partial charge in [-0.15, -0.1) is 0 Å². The van der Waals surface area contributed by atoms with E-state index in [2.05, 4.69) is 0 Å². The second-order valence-corrected chi connectivity index (χ2v) is 4.83. The molecule has 0 saturated heterocycles. The molecule has 4 N–H and O–H groups in total. The van der Waals surface area contributed by atoms with Gasteiger partial charge in [0.05, 0.1) is 11.9 Å². The van der Waals surface area contributed by atoms with Gasteiger partial charge >= 0.3 is 58.4 Å². The van der Waals surface area contributed by atoms with E-state index >= 15 is 0 Å². The first-order valence-electron chi connectivity index (χ1n) is 6.23. The Morgan fingerprint density at radius 3 is 0.700 bits per heavy atom. The van der Waals surface area contributed by atoms with Crippen LogP contribution in [-0.4, -0.2) is 62.7 Å². The molecule has 0 rings (SSSR count). The molecule has 0 aromatic carbocycles. The third kappa shape index (κ3) is 18.6. The Morgan fingerprint density at radius 2 is 0.633 bits per heavy atom. The van der Waals surface area contributed by atoms with E-state index in [0.29, 0.717) is 0 Å². The smallest absolute Gasteiger partial charge is 0.550 e. The van der Waals surface area contributed by atoms with Crippen molar-refractivity contribution >= 4 is 35.8 Å². The Labute approximate surface area is 205 Å². The third-order valence-corrected chi connectivity index (χ3v) is 2.51. The molecule has 0 fully saturated rings. The number of hydrogen-bond acceptors (Lipinski definition) is 14. The Morgan fingerprint density at radius 1 is 0.500 bits per heavy atom. The van der Waals surface area contributed by atoms with Gasteiger partial charge < -0.3 is 75.1 Å². The molecule has 0 saturated carbocycles. The molecule has 0 spiro atoms. The minimum Gasteiger partial charge on any atom is -0.550 e. The van der Waals surface area contributed by atoms with Crippen molar-refractivity contribution in [3.8, 4) is 0 Å². The molecule has 0 heterocycles. The van der Waals surface area contributed by atoms with Crippen molar-refractivity contribution < 1.29 is 134 Å².